The van der Waals surface area contributed by atoms with Gasteiger partial charge in [0, 0.05) is 12.6 Å². The van der Waals surface area contributed by atoms with Crippen LogP contribution < -0.4 is 14.9 Å². The molecule has 1 fully saturated rings. The molecule has 2 aliphatic heterocycles. The van der Waals surface area contributed by atoms with Crippen LogP contribution in [0.3, 0.4) is 0 Å². The van der Waals surface area contributed by atoms with Gasteiger partial charge in [-0.1, -0.05) is 54.3 Å². The molecule has 2 aromatic carbocycles. The Hall–Kier alpha value is -2.97. The molecule has 2 heterocycles. The Morgan fingerprint density at radius 3 is 2.37 bits per heavy atom. The summed E-state index contributed by atoms with van der Waals surface area (Å²) in [6.07, 6.45) is 0. The van der Waals surface area contributed by atoms with Crippen LogP contribution in [0.2, 0.25) is 0 Å². The minimum absolute atomic E-state index is 0.00377. The van der Waals surface area contributed by atoms with E-state index in [9.17, 15) is 19.5 Å². The second kappa shape index (κ2) is 6.33. The van der Waals surface area contributed by atoms with E-state index in [0.717, 1.165) is 17.4 Å². The molecule has 0 aliphatic carbocycles. The van der Waals surface area contributed by atoms with E-state index >= 15 is 0 Å². The molecule has 0 saturated carbocycles. The van der Waals surface area contributed by atoms with Gasteiger partial charge in [-0.15, -0.1) is 0 Å². The van der Waals surface area contributed by atoms with Crippen molar-refractivity contribution in [1.29, 1.82) is 0 Å². The third-order valence-electron chi connectivity index (χ3n) is 4.41. The molecular formula is C19H11N2O4S2-. The van der Waals surface area contributed by atoms with Crippen molar-refractivity contribution < 1.29 is 19.5 Å². The first-order valence-electron chi connectivity index (χ1n) is 7.89. The molecule has 2 aliphatic rings. The Bertz CT molecular complexity index is 1060. The molecule has 0 N–H and O–H groups in total. The second-order valence-corrected chi connectivity index (χ2v) is 7.57. The molecule has 2 amide bonds. The molecule has 0 atom stereocenters. The number of carbonyl (C=O) groups is 3. The van der Waals surface area contributed by atoms with Crippen LogP contribution in [0, 0.1) is 0 Å². The van der Waals surface area contributed by atoms with Gasteiger partial charge in [-0.3, -0.25) is 14.5 Å². The number of fused-ring (bicyclic) bond motifs is 1. The summed E-state index contributed by atoms with van der Waals surface area (Å²) in [5.74, 6) is -1.96. The summed E-state index contributed by atoms with van der Waals surface area (Å²) in [5.41, 5.74) is 2.20. The van der Waals surface area contributed by atoms with Crippen molar-refractivity contribution in [1.82, 2.24) is 0 Å². The molecule has 8 heteroatoms. The minimum atomic E-state index is -1.30. The predicted octanol–water partition coefficient (Wildman–Crippen LogP) is 1.80. The van der Waals surface area contributed by atoms with Crippen molar-refractivity contribution in [3.8, 4) is 0 Å². The van der Waals surface area contributed by atoms with Gasteiger partial charge >= 0.3 is 0 Å². The van der Waals surface area contributed by atoms with Gasteiger partial charge in [0.2, 0.25) is 0 Å². The molecule has 1 saturated heterocycles. The molecule has 0 spiro atoms. The van der Waals surface area contributed by atoms with Crippen LogP contribution >= 0.6 is 24.0 Å². The summed E-state index contributed by atoms with van der Waals surface area (Å²) < 4.78 is 0.281. The number of thioether (sulfide) groups is 1. The Labute approximate surface area is 164 Å². The number of aromatic carboxylic acids is 1. The van der Waals surface area contributed by atoms with E-state index in [-0.39, 0.29) is 20.7 Å². The summed E-state index contributed by atoms with van der Waals surface area (Å²) in [6.45, 7) is 0. The highest BCUT2D eigenvalue weighted by atomic mass is 32.2. The molecule has 134 valence electrons. The van der Waals surface area contributed by atoms with E-state index in [4.69, 9.17) is 12.2 Å². The molecular weight excluding hydrogens is 384 g/mol. The lowest BCUT2D eigenvalue weighted by Gasteiger charge is -2.15. The predicted molar refractivity (Wildman–Crippen MR) is 105 cm³/mol. The number of carboxylic acid groups (broad SMARTS) is 1. The van der Waals surface area contributed by atoms with E-state index in [1.165, 1.54) is 34.1 Å². The van der Waals surface area contributed by atoms with Gasteiger partial charge in [0.25, 0.3) is 11.8 Å². The maximum atomic E-state index is 13.0. The number of likely N-dealkylation sites (N-methyl/N-ethyl adjacent to an activating group) is 1. The lowest BCUT2D eigenvalue weighted by molar-refractivity contribution is -0.255. The number of para-hydroxylation sites is 1. The Morgan fingerprint density at radius 1 is 1.04 bits per heavy atom. The fraction of sp³-hybridized carbons (Fsp3) is 0.0526. The number of benzene rings is 2. The van der Waals surface area contributed by atoms with E-state index < -0.39 is 11.9 Å². The normalized spacial score (nSPS) is 19.1. The summed E-state index contributed by atoms with van der Waals surface area (Å²) in [6, 6.07) is 12.9. The van der Waals surface area contributed by atoms with Crippen molar-refractivity contribution in [3.63, 3.8) is 0 Å². The lowest BCUT2D eigenvalue weighted by Crippen LogP contribution is -2.28. The molecule has 0 bridgehead atoms. The summed E-state index contributed by atoms with van der Waals surface area (Å²) in [7, 11) is 1.66. The van der Waals surface area contributed by atoms with Gasteiger partial charge in [0.05, 0.1) is 27.8 Å². The molecule has 2 aromatic rings. The van der Waals surface area contributed by atoms with Gasteiger partial charge in [0.1, 0.15) is 0 Å². The average Bonchev–Trinajstić information content (AvgIpc) is 3.08. The Balaban J connectivity index is 1.79. The largest absolute Gasteiger partial charge is 0.545 e. The summed E-state index contributed by atoms with van der Waals surface area (Å²) in [4.78, 5) is 39.8. The first-order valence-corrected chi connectivity index (χ1v) is 9.12. The van der Waals surface area contributed by atoms with Crippen LogP contribution in [0.15, 0.2) is 53.4 Å². The molecule has 27 heavy (non-hydrogen) atoms. The highest BCUT2D eigenvalue weighted by Crippen LogP contribution is 2.44. The fourth-order valence-electron chi connectivity index (χ4n) is 3.08. The van der Waals surface area contributed by atoms with E-state index in [0.29, 0.717) is 16.8 Å². The number of amides is 2. The minimum Gasteiger partial charge on any atom is -0.545 e. The first-order chi connectivity index (χ1) is 12.9. The number of thiocarbonyl (C=S) groups is 1. The number of carboxylic acids is 1. The molecule has 0 aromatic heterocycles. The molecule has 4 rings (SSSR count). The van der Waals surface area contributed by atoms with E-state index in [2.05, 4.69) is 0 Å². The maximum Gasteiger partial charge on any atom is 0.271 e. The van der Waals surface area contributed by atoms with E-state index in [1.54, 1.807) is 13.1 Å². The van der Waals surface area contributed by atoms with Gasteiger partial charge in [0.15, 0.2) is 4.32 Å². The van der Waals surface area contributed by atoms with Crippen LogP contribution in [0.5, 0.6) is 0 Å². The number of nitrogens with zero attached hydrogens (tertiary/aromatic N) is 2. The zero-order valence-electron chi connectivity index (χ0n) is 14.0. The molecule has 0 radical (unpaired) electrons. The maximum absolute atomic E-state index is 13.0. The average molecular weight is 395 g/mol. The zero-order chi connectivity index (χ0) is 19.3. The third kappa shape index (κ3) is 2.65. The second-order valence-electron chi connectivity index (χ2n) is 5.93. The van der Waals surface area contributed by atoms with Crippen molar-refractivity contribution in [3.05, 3.63) is 64.6 Å². The van der Waals surface area contributed by atoms with Gasteiger partial charge in [-0.2, -0.15) is 0 Å². The highest BCUT2D eigenvalue weighted by Gasteiger charge is 2.41. The summed E-state index contributed by atoms with van der Waals surface area (Å²) >= 11 is 6.41. The van der Waals surface area contributed by atoms with Gasteiger partial charge in [-0.25, -0.2) is 0 Å². The van der Waals surface area contributed by atoms with Crippen molar-refractivity contribution in [2.75, 3.05) is 16.8 Å². The van der Waals surface area contributed by atoms with Crippen molar-refractivity contribution in [2.45, 2.75) is 0 Å². The standard InChI is InChI=1S/C19H12N2O4S2/c1-20-13-5-3-2-4-12(13)14(16(20)22)15-17(23)21(19(26)27-15)11-8-6-10(7-9-11)18(24)25/h2-9H,1H3,(H,24,25)/p-1/b15-14+. The van der Waals surface area contributed by atoms with E-state index in [1.807, 2.05) is 18.2 Å². The number of anilines is 2. The number of hydrogen-bond donors (Lipinski definition) is 0. The first kappa shape index (κ1) is 17.4. The third-order valence-corrected chi connectivity index (χ3v) is 5.78. The Kier molecular flexibility index (Phi) is 4.09. The SMILES string of the molecule is CN1C(=O)/C(=C2/SC(=S)N(c3ccc(C(=O)[O-])cc3)C2=O)c2ccccc21. The number of rotatable bonds is 2. The smallest absolute Gasteiger partial charge is 0.271 e. The lowest BCUT2D eigenvalue weighted by atomic mass is 10.1. The van der Waals surface area contributed by atoms with Gasteiger partial charge in [-0.05, 0) is 23.8 Å². The molecule has 6 nitrogen and oxygen atoms in total. The quantitative estimate of drug-likeness (QED) is 0.570. The fourth-order valence-corrected chi connectivity index (χ4v) is 4.45. The van der Waals surface area contributed by atoms with Crippen molar-refractivity contribution >= 4 is 63.0 Å². The van der Waals surface area contributed by atoms with Crippen LogP contribution in [-0.4, -0.2) is 29.2 Å². The Morgan fingerprint density at radius 2 is 1.70 bits per heavy atom. The van der Waals surface area contributed by atoms with Crippen LogP contribution in [0.4, 0.5) is 11.4 Å². The highest BCUT2D eigenvalue weighted by molar-refractivity contribution is 8.27. The topological polar surface area (TPSA) is 80.8 Å². The van der Waals surface area contributed by atoms with Crippen molar-refractivity contribution in [2.24, 2.45) is 0 Å². The van der Waals surface area contributed by atoms with Crippen LogP contribution in [0.1, 0.15) is 15.9 Å². The zero-order valence-corrected chi connectivity index (χ0v) is 15.6. The van der Waals surface area contributed by atoms with Gasteiger partial charge < -0.3 is 14.8 Å². The number of carbonyl (C=O) groups excluding carboxylic acids is 3. The number of hydrogen-bond acceptors (Lipinski definition) is 6. The summed E-state index contributed by atoms with van der Waals surface area (Å²) in [5, 5.41) is 10.9. The molecule has 0 unspecified atom stereocenters. The van der Waals surface area contributed by atoms with Crippen LogP contribution in [0.25, 0.3) is 5.57 Å². The van der Waals surface area contributed by atoms with Crippen LogP contribution in [-0.2, 0) is 9.59 Å². The monoisotopic (exact) mass is 395 g/mol.